The summed E-state index contributed by atoms with van der Waals surface area (Å²) in [5.41, 5.74) is -0.215. The monoisotopic (exact) mass is 406 g/mol. The number of aromatic nitrogens is 2. The van der Waals surface area contributed by atoms with Gasteiger partial charge in [-0.15, -0.1) is 0 Å². The van der Waals surface area contributed by atoms with Gasteiger partial charge in [0.15, 0.2) is 17.9 Å². The van der Waals surface area contributed by atoms with Crippen LogP contribution in [0.15, 0.2) is 42.9 Å². The summed E-state index contributed by atoms with van der Waals surface area (Å²) < 4.78 is 40.3. The zero-order chi connectivity index (χ0) is 21.7. The Morgan fingerprint density at radius 2 is 1.55 bits per heavy atom. The van der Waals surface area contributed by atoms with Gasteiger partial charge in [-0.3, -0.25) is 9.36 Å². The number of carboxylic acids is 2. The second kappa shape index (κ2) is 8.83. The van der Waals surface area contributed by atoms with E-state index in [9.17, 15) is 27.6 Å². The molecule has 150 valence electrons. The first-order valence-electron chi connectivity index (χ1n) is 7.86. The van der Waals surface area contributed by atoms with Crippen molar-refractivity contribution in [1.82, 2.24) is 9.55 Å². The van der Waals surface area contributed by atoms with E-state index in [1.165, 1.54) is 25.1 Å². The predicted molar refractivity (Wildman–Crippen MR) is 93.9 cm³/mol. The molecule has 0 aliphatic heterocycles. The molecule has 1 heterocycles. The van der Waals surface area contributed by atoms with Crippen molar-refractivity contribution >= 4 is 18.2 Å². The van der Waals surface area contributed by atoms with Crippen molar-refractivity contribution in [3.8, 4) is 5.69 Å². The predicted octanol–water partition coefficient (Wildman–Crippen LogP) is 3.49. The van der Waals surface area contributed by atoms with Crippen LogP contribution in [-0.2, 0) is 0 Å². The van der Waals surface area contributed by atoms with Gasteiger partial charge >= 0.3 is 11.9 Å². The number of hydrogen-bond acceptors (Lipinski definition) is 4. The lowest BCUT2D eigenvalue weighted by molar-refractivity contribution is 0.0696. The SMILES string of the molecule is Cc1c(C(=O)O)cccc1C(=O)O.O=Cc1cncn1-c1c(F)cc(F)cc1F. The minimum absolute atomic E-state index is 0.0237. The molecule has 0 spiro atoms. The normalized spacial score (nSPS) is 10.1. The summed E-state index contributed by atoms with van der Waals surface area (Å²) in [5, 5.41) is 17.4. The number of benzene rings is 2. The highest BCUT2D eigenvalue weighted by atomic mass is 19.1. The van der Waals surface area contributed by atoms with Crippen LogP contribution < -0.4 is 0 Å². The summed E-state index contributed by atoms with van der Waals surface area (Å²) in [5.74, 6) is -5.44. The molecule has 0 radical (unpaired) electrons. The molecule has 29 heavy (non-hydrogen) atoms. The van der Waals surface area contributed by atoms with Crippen molar-refractivity contribution in [1.29, 1.82) is 0 Å². The number of aldehydes is 1. The highest BCUT2D eigenvalue weighted by molar-refractivity contribution is 5.96. The number of rotatable bonds is 4. The maximum atomic E-state index is 13.3. The van der Waals surface area contributed by atoms with Gasteiger partial charge in [0.2, 0.25) is 0 Å². The van der Waals surface area contributed by atoms with E-state index in [4.69, 9.17) is 10.2 Å². The van der Waals surface area contributed by atoms with E-state index in [1.807, 2.05) is 0 Å². The zero-order valence-electron chi connectivity index (χ0n) is 14.8. The molecular formula is C19H13F3N2O5. The van der Waals surface area contributed by atoms with Gasteiger partial charge in [-0.2, -0.15) is 0 Å². The molecule has 0 bridgehead atoms. The van der Waals surface area contributed by atoms with E-state index in [0.29, 0.717) is 18.4 Å². The minimum Gasteiger partial charge on any atom is -0.478 e. The third-order valence-corrected chi connectivity index (χ3v) is 3.81. The van der Waals surface area contributed by atoms with E-state index in [0.717, 1.165) is 17.1 Å². The first-order chi connectivity index (χ1) is 13.7. The highest BCUT2D eigenvalue weighted by Crippen LogP contribution is 2.20. The molecular weight excluding hydrogens is 393 g/mol. The van der Waals surface area contributed by atoms with Crippen LogP contribution >= 0.6 is 0 Å². The third kappa shape index (κ3) is 4.67. The lowest BCUT2D eigenvalue weighted by atomic mass is 10.0. The highest BCUT2D eigenvalue weighted by Gasteiger charge is 2.16. The summed E-state index contributed by atoms with van der Waals surface area (Å²) in [6.45, 7) is 1.48. The lowest BCUT2D eigenvalue weighted by Crippen LogP contribution is -2.06. The number of carbonyl (C=O) groups is 3. The summed E-state index contributed by atoms with van der Waals surface area (Å²) in [6, 6.07) is 5.24. The van der Waals surface area contributed by atoms with Gasteiger partial charge in [0.1, 0.15) is 17.2 Å². The van der Waals surface area contributed by atoms with Gasteiger partial charge in [-0.05, 0) is 24.6 Å². The van der Waals surface area contributed by atoms with Crippen LogP contribution in [0.4, 0.5) is 13.2 Å². The van der Waals surface area contributed by atoms with Crippen LogP contribution in [0.5, 0.6) is 0 Å². The number of hydrogen-bond donors (Lipinski definition) is 2. The molecule has 2 N–H and O–H groups in total. The zero-order valence-corrected chi connectivity index (χ0v) is 14.8. The Balaban J connectivity index is 0.000000212. The molecule has 1 aromatic heterocycles. The standard InChI is InChI=1S/C10H5F3N2O.C9H8O4/c11-6-1-8(12)10(9(13)2-6)15-5-14-3-7(15)4-16;1-5-6(8(10)11)3-2-4-7(5)9(12)13/h1-5H;2-4H,1H3,(H,10,11)(H,12,13). The molecule has 0 fully saturated rings. The number of halogens is 3. The van der Waals surface area contributed by atoms with Crippen molar-refractivity contribution < 1.29 is 37.8 Å². The Labute approximate surface area is 161 Å². The van der Waals surface area contributed by atoms with Gasteiger partial charge in [0, 0.05) is 12.1 Å². The fourth-order valence-electron chi connectivity index (χ4n) is 2.44. The first kappa shape index (κ1) is 21.4. The molecule has 0 aliphatic carbocycles. The smallest absolute Gasteiger partial charge is 0.335 e. The molecule has 0 saturated carbocycles. The maximum Gasteiger partial charge on any atom is 0.335 e. The summed E-state index contributed by atoms with van der Waals surface area (Å²) in [7, 11) is 0. The van der Waals surface area contributed by atoms with Crippen molar-refractivity contribution in [3.05, 3.63) is 82.7 Å². The van der Waals surface area contributed by atoms with E-state index in [1.54, 1.807) is 0 Å². The van der Waals surface area contributed by atoms with E-state index in [-0.39, 0.29) is 22.4 Å². The van der Waals surface area contributed by atoms with Crippen LogP contribution in [0.25, 0.3) is 5.69 Å². The molecule has 3 rings (SSSR count). The molecule has 0 amide bonds. The largest absolute Gasteiger partial charge is 0.478 e. The summed E-state index contributed by atoms with van der Waals surface area (Å²) in [6.07, 6.45) is 2.62. The van der Waals surface area contributed by atoms with Gasteiger partial charge < -0.3 is 10.2 Å². The van der Waals surface area contributed by atoms with Crippen LogP contribution in [0.2, 0.25) is 0 Å². The fraction of sp³-hybridized carbons (Fsp3) is 0.0526. The Morgan fingerprint density at radius 1 is 1.03 bits per heavy atom. The number of carbonyl (C=O) groups excluding carboxylic acids is 1. The van der Waals surface area contributed by atoms with Crippen LogP contribution in [-0.4, -0.2) is 38.0 Å². The number of aromatic carboxylic acids is 2. The second-order valence-electron chi connectivity index (χ2n) is 5.61. The van der Waals surface area contributed by atoms with Crippen LogP contribution in [0.1, 0.15) is 36.8 Å². The molecule has 0 aliphatic rings. The van der Waals surface area contributed by atoms with Crippen LogP contribution in [0, 0.1) is 24.4 Å². The summed E-state index contributed by atoms with van der Waals surface area (Å²) >= 11 is 0. The van der Waals surface area contributed by atoms with Gasteiger partial charge in [0.05, 0.1) is 23.7 Å². The molecule has 7 nitrogen and oxygen atoms in total. The second-order valence-corrected chi connectivity index (χ2v) is 5.61. The Morgan fingerprint density at radius 3 is 2.00 bits per heavy atom. The van der Waals surface area contributed by atoms with Crippen molar-refractivity contribution in [2.24, 2.45) is 0 Å². The molecule has 3 aromatic rings. The lowest BCUT2D eigenvalue weighted by Gasteiger charge is -2.07. The van der Waals surface area contributed by atoms with Gasteiger partial charge in [-0.1, -0.05) is 6.07 Å². The van der Waals surface area contributed by atoms with E-state index >= 15 is 0 Å². The topological polar surface area (TPSA) is 109 Å². The number of nitrogens with zero attached hydrogens (tertiary/aromatic N) is 2. The summed E-state index contributed by atoms with van der Waals surface area (Å²) in [4.78, 5) is 35.4. The van der Waals surface area contributed by atoms with Gasteiger partial charge in [0.25, 0.3) is 0 Å². The molecule has 0 saturated heterocycles. The Hall–Kier alpha value is -3.95. The maximum absolute atomic E-state index is 13.3. The fourth-order valence-corrected chi connectivity index (χ4v) is 2.44. The number of imidazole rings is 1. The number of carboxylic acid groups (broad SMARTS) is 2. The Kier molecular flexibility index (Phi) is 6.50. The average molecular weight is 406 g/mol. The minimum atomic E-state index is -1.11. The third-order valence-electron chi connectivity index (χ3n) is 3.81. The quantitative estimate of drug-likeness (QED) is 0.642. The Bertz CT molecular complexity index is 1040. The molecule has 0 unspecified atom stereocenters. The van der Waals surface area contributed by atoms with E-state index in [2.05, 4.69) is 4.98 Å². The van der Waals surface area contributed by atoms with Gasteiger partial charge in [-0.25, -0.2) is 27.7 Å². The van der Waals surface area contributed by atoms with E-state index < -0.39 is 35.1 Å². The van der Waals surface area contributed by atoms with Crippen molar-refractivity contribution in [2.45, 2.75) is 6.92 Å². The first-order valence-corrected chi connectivity index (χ1v) is 7.86. The average Bonchev–Trinajstić information content (AvgIpc) is 3.09. The van der Waals surface area contributed by atoms with Crippen molar-refractivity contribution in [3.63, 3.8) is 0 Å². The molecule has 2 aromatic carbocycles. The van der Waals surface area contributed by atoms with Crippen molar-refractivity contribution in [2.75, 3.05) is 0 Å². The molecule has 10 heteroatoms. The molecule has 0 atom stereocenters. The van der Waals surface area contributed by atoms with Crippen LogP contribution in [0.3, 0.4) is 0 Å².